The molecular formula is C13H23N5. The quantitative estimate of drug-likeness (QED) is 0.852. The van der Waals surface area contributed by atoms with Crippen molar-refractivity contribution >= 4 is 5.82 Å². The van der Waals surface area contributed by atoms with Gasteiger partial charge in [-0.25, -0.2) is 4.98 Å². The lowest BCUT2D eigenvalue weighted by Gasteiger charge is -2.35. The number of rotatable bonds is 4. The van der Waals surface area contributed by atoms with E-state index in [4.69, 9.17) is 0 Å². The van der Waals surface area contributed by atoms with Crippen LogP contribution in [0.4, 0.5) is 5.82 Å². The summed E-state index contributed by atoms with van der Waals surface area (Å²) in [7, 11) is 6.24. The maximum Gasteiger partial charge on any atom is 0.147 e. The topological polar surface area (TPSA) is 44.3 Å². The molecule has 0 atom stereocenters. The maximum atomic E-state index is 4.50. The Labute approximate surface area is 109 Å². The van der Waals surface area contributed by atoms with Gasteiger partial charge in [-0.05, 0) is 34.0 Å². The first kappa shape index (κ1) is 13.2. The van der Waals surface area contributed by atoms with Gasteiger partial charge >= 0.3 is 0 Å². The van der Waals surface area contributed by atoms with Gasteiger partial charge in [-0.3, -0.25) is 4.98 Å². The van der Waals surface area contributed by atoms with Crippen molar-refractivity contribution in [1.29, 1.82) is 0 Å². The molecule has 0 unspecified atom stereocenters. The highest BCUT2D eigenvalue weighted by Crippen LogP contribution is 2.19. The zero-order chi connectivity index (χ0) is 13.0. The normalized spacial score (nSPS) is 17.4. The molecule has 100 valence electrons. The SMILES string of the molecule is CNCc1cnc(N2CCC(N(C)C)CC2)cn1. The minimum absolute atomic E-state index is 0.706. The first-order chi connectivity index (χ1) is 8.70. The molecule has 0 spiro atoms. The highest BCUT2D eigenvalue weighted by atomic mass is 15.2. The summed E-state index contributed by atoms with van der Waals surface area (Å²) in [5, 5.41) is 3.08. The van der Waals surface area contributed by atoms with Crippen molar-refractivity contribution in [3.63, 3.8) is 0 Å². The fraction of sp³-hybridized carbons (Fsp3) is 0.692. The molecule has 1 aromatic heterocycles. The third-order valence-electron chi connectivity index (χ3n) is 3.57. The molecule has 1 fully saturated rings. The third-order valence-corrected chi connectivity index (χ3v) is 3.57. The third kappa shape index (κ3) is 3.17. The standard InChI is InChI=1S/C13H23N5/c1-14-8-11-9-16-13(10-15-11)18-6-4-12(5-7-18)17(2)3/h9-10,12,14H,4-8H2,1-3H3. The number of nitrogens with one attached hydrogen (secondary N) is 1. The molecule has 1 aliphatic heterocycles. The lowest BCUT2D eigenvalue weighted by molar-refractivity contribution is 0.249. The minimum atomic E-state index is 0.706. The van der Waals surface area contributed by atoms with Crippen molar-refractivity contribution in [1.82, 2.24) is 20.2 Å². The van der Waals surface area contributed by atoms with Crippen LogP contribution in [0.5, 0.6) is 0 Å². The molecular weight excluding hydrogens is 226 g/mol. The summed E-state index contributed by atoms with van der Waals surface area (Å²) >= 11 is 0. The summed E-state index contributed by atoms with van der Waals surface area (Å²) < 4.78 is 0. The molecule has 0 amide bonds. The monoisotopic (exact) mass is 249 g/mol. The summed E-state index contributed by atoms with van der Waals surface area (Å²) in [6.07, 6.45) is 6.16. The van der Waals surface area contributed by atoms with Crippen LogP contribution in [0, 0.1) is 0 Å². The van der Waals surface area contributed by atoms with E-state index in [1.54, 1.807) is 0 Å². The zero-order valence-electron chi connectivity index (χ0n) is 11.6. The van der Waals surface area contributed by atoms with Gasteiger partial charge in [0.05, 0.1) is 18.1 Å². The molecule has 2 rings (SSSR count). The van der Waals surface area contributed by atoms with E-state index in [9.17, 15) is 0 Å². The van der Waals surface area contributed by atoms with Crippen molar-refractivity contribution in [3.8, 4) is 0 Å². The van der Waals surface area contributed by atoms with Crippen molar-refractivity contribution < 1.29 is 0 Å². The second-order valence-electron chi connectivity index (χ2n) is 5.08. The van der Waals surface area contributed by atoms with E-state index >= 15 is 0 Å². The Morgan fingerprint density at radius 2 is 2.00 bits per heavy atom. The summed E-state index contributed by atoms with van der Waals surface area (Å²) in [6.45, 7) is 2.92. The van der Waals surface area contributed by atoms with Gasteiger partial charge in [0, 0.05) is 25.7 Å². The average Bonchev–Trinajstić information content (AvgIpc) is 2.40. The molecule has 0 aliphatic carbocycles. The van der Waals surface area contributed by atoms with E-state index in [-0.39, 0.29) is 0 Å². The van der Waals surface area contributed by atoms with Crippen LogP contribution in [0.15, 0.2) is 12.4 Å². The van der Waals surface area contributed by atoms with Gasteiger partial charge in [-0.15, -0.1) is 0 Å². The van der Waals surface area contributed by atoms with Crippen LogP contribution in [-0.2, 0) is 6.54 Å². The van der Waals surface area contributed by atoms with Gasteiger partial charge in [-0.1, -0.05) is 0 Å². The molecule has 0 bridgehead atoms. The Hall–Kier alpha value is -1.20. The lowest BCUT2D eigenvalue weighted by atomic mass is 10.0. The fourth-order valence-electron chi connectivity index (χ4n) is 2.40. The summed E-state index contributed by atoms with van der Waals surface area (Å²) in [5.41, 5.74) is 0.990. The molecule has 1 aromatic rings. The van der Waals surface area contributed by atoms with Gasteiger partial charge in [-0.2, -0.15) is 0 Å². The first-order valence-corrected chi connectivity index (χ1v) is 6.57. The number of piperidine rings is 1. The summed E-state index contributed by atoms with van der Waals surface area (Å²) in [4.78, 5) is 13.6. The fourth-order valence-corrected chi connectivity index (χ4v) is 2.40. The van der Waals surface area contributed by atoms with E-state index in [2.05, 4.69) is 39.2 Å². The number of hydrogen-bond acceptors (Lipinski definition) is 5. The maximum absolute atomic E-state index is 4.50. The Morgan fingerprint density at radius 3 is 2.50 bits per heavy atom. The molecule has 0 aromatic carbocycles. The Balaban J connectivity index is 1.93. The van der Waals surface area contributed by atoms with Crippen LogP contribution in [0.3, 0.4) is 0 Å². The first-order valence-electron chi connectivity index (χ1n) is 6.57. The molecule has 5 nitrogen and oxygen atoms in total. The molecule has 18 heavy (non-hydrogen) atoms. The lowest BCUT2D eigenvalue weighted by Crippen LogP contribution is -2.42. The largest absolute Gasteiger partial charge is 0.355 e. The molecule has 5 heteroatoms. The Morgan fingerprint density at radius 1 is 1.28 bits per heavy atom. The van der Waals surface area contributed by atoms with Gasteiger partial charge < -0.3 is 15.1 Å². The van der Waals surface area contributed by atoms with Crippen LogP contribution >= 0.6 is 0 Å². The smallest absolute Gasteiger partial charge is 0.147 e. The van der Waals surface area contributed by atoms with Crippen molar-refractivity contribution in [2.75, 3.05) is 39.1 Å². The highest BCUT2D eigenvalue weighted by molar-refractivity contribution is 5.36. The van der Waals surface area contributed by atoms with Crippen LogP contribution < -0.4 is 10.2 Å². The van der Waals surface area contributed by atoms with E-state index in [1.165, 1.54) is 12.8 Å². The van der Waals surface area contributed by atoms with E-state index in [0.717, 1.165) is 31.1 Å². The molecule has 1 N–H and O–H groups in total. The van der Waals surface area contributed by atoms with Gasteiger partial charge in [0.15, 0.2) is 0 Å². The Kier molecular flexibility index (Phi) is 4.49. The Bertz CT molecular complexity index is 354. The van der Waals surface area contributed by atoms with E-state index in [1.807, 2.05) is 19.4 Å². The van der Waals surface area contributed by atoms with E-state index in [0.29, 0.717) is 6.04 Å². The molecule has 1 aliphatic rings. The average molecular weight is 249 g/mol. The summed E-state index contributed by atoms with van der Waals surface area (Å²) in [6, 6.07) is 0.706. The second kappa shape index (κ2) is 6.11. The predicted octanol–water partition coefficient (Wildman–Crippen LogP) is 0.726. The molecule has 1 saturated heterocycles. The van der Waals surface area contributed by atoms with Crippen LogP contribution in [0.25, 0.3) is 0 Å². The van der Waals surface area contributed by atoms with Crippen LogP contribution in [0.2, 0.25) is 0 Å². The zero-order valence-corrected chi connectivity index (χ0v) is 11.6. The highest BCUT2D eigenvalue weighted by Gasteiger charge is 2.21. The van der Waals surface area contributed by atoms with Crippen molar-refractivity contribution in [2.45, 2.75) is 25.4 Å². The molecule has 0 saturated carbocycles. The second-order valence-corrected chi connectivity index (χ2v) is 5.08. The van der Waals surface area contributed by atoms with Crippen molar-refractivity contribution in [3.05, 3.63) is 18.1 Å². The number of hydrogen-bond donors (Lipinski definition) is 1. The molecule has 2 heterocycles. The molecule has 0 radical (unpaired) electrons. The van der Waals surface area contributed by atoms with Gasteiger partial charge in [0.25, 0.3) is 0 Å². The van der Waals surface area contributed by atoms with Gasteiger partial charge in [0.2, 0.25) is 0 Å². The predicted molar refractivity (Wildman–Crippen MR) is 73.7 cm³/mol. The van der Waals surface area contributed by atoms with Crippen LogP contribution in [-0.4, -0.2) is 55.1 Å². The minimum Gasteiger partial charge on any atom is -0.355 e. The van der Waals surface area contributed by atoms with E-state index < -0.39 is 0 Å². The van der Waals surface area contributed by atoms with Gasteiger partial charge in [0.1, 0.15) is 5.82 Å². The van der Waals surface area contributed by atoms with Crippen LogP contribution in [0.1, 0.15) is 18.5 Å². The number of anilines is 1. The number of nitrogens with zero attached hydrogens (tertiary/aromatic N) is 4. The summed E-state index contributed by atoms with van der Waals surface area (Å²) in [5.74, 6) is 1.01. The number of aromatic nitrogens is 2. The van der Waals surface area contributed by atoms with Crippen molar-refractivity contribution in [2.24, 2.45) is 0 Å².